The molecule has 5 nitrogen and oxygen atoms in total. The van der Waals surface area contributed by atoms with Gasteiger partial charge in [0.2, 0.25) is 0 Å². The number of aromatic nitrogens is 1. The SMILES string of the molecule is Cc1ccc2cc(/C=N\NC(=O)COc3cccc4ccccc34)c(Cl)nc2c1. The van der Waals surface area contributed by atoms with Gasteiger partial charge in [-0.25, -0.2) is 10.4 Å². The number of hydrazone groups is 1. The summed E-state index contributed by atoms with van der Waals surface area (Å²) in [5, 5.41) is 7.26. The standard InChI is InChI=1S/C23H18ClN3O2/c1-15-9-10-17-12-18(23(24)26-20(17)11-15)13-25-27-22(28)14-29-21-8-4-6-16-5-2-3-7-19(16)21/h2-13H,14H2,1H3,(H,27,28)/b25-13-. The van der Waals surface area contributed by atoms with Gasteiger partial charge in [0.1, 0.15) is 10.9 Å². The van der Waals surface area contributed by atoms with Crippen molar-refractivity contribution < 1.29 is 9.53 Å². The summed E-state index contributed by atoms with van der Waals surface area (Å²) in [6.07, 6.45) is 1.48. The molecule has 0 fully saturated rings. The zero-order valence-electron chi connectivity index (χ0n) is 15.7. The van der Waals surface area contributed by atoms with Crippen LogP contribution in [0.4, 0.5) is 0 Å². The van der Waals surface area contributed by atoms with Crippen molar-refractivity contribution in [1.82, 2.24) is 10.4 Å². The fraction of sp³-hybridized carbons (Fsp3) is 0.0870. The normalized spacial score (nSPS) is 11.2. The Kier molecular flexibility index (Phi) is 5.40. The molecule has 0 unspecified atom stereocenters. The third-order valence-electron chi connectivity index (χ3n) is 4.46. The Labute approximate surface area is 173 Å². The fourth-order valence-corrected chi connectivity index (χ4v) is 3.23. The largest absolute Gasteiger partial charge is 0.483 e. The number of hydrogen-bond donors (Lipinski definition) is 1. The molecule has 144 valence electrons. The molecule has 0 radical (unpaired) electrons. The van der Waals surface area contributed by atoms with E-state index >= 15 is 0 Å². The average molecular weight is 404 g/mol. The number of hydrogen-bond acceptors (Lipinski definition) is 4. The predicted molar refractivity (Wildman–Crippen MR) is 117 cm³/mol. The summed E-state index contributed by atoms with van der Waals surface area (Å²) in [5.41, 5.74) is 5.01. The van der Waals surface area contributed by atoms with Crippen LogP contribution in [0.3, 0.4) is 0 Å². The Morgan fingerprint density at radius 1 is 1.10 bits per heavy atom. The summed E-state index contributed by atoms with van der Waals surface area (Å²) >= 11 is 6.23. The Hall–Kier alpha value is -3.44. The fourth-order valence-electron chi connectivity index (χ4n) is 3.03. The zero-order chi connectivity index (χ0) is 20.2. The number of halogens is 1. The van der Waals surface area contributed by atoms with E-state index < -0.39 is 0 Å². The van der Waals surface area contributed by atoms with E-state index in [1.165, 1.54) is 6.21 Å². The van der Waals surface area contributed by atoms with Crippen LogP contribution in [-0.2, 0) is 4.79 Å². The maximum Gasteiger partial charge on any atom is 0.277 e. The summed E-state index contributed by atoms with van der Waals surface area (Å²) < 4.78 is 5.65. The van der Waals surface area contributed by atoms with Crippen molar-refractivity contribution in [3.05, 3.63) is 83.0 Å². The lowest BCUT2D eigenvalue weighted by molar-refractivity contribution is -0.123. The van der Waals surface area contributed by atoms with Crippen LogP contribution in [-0.4, -0.2) is 23.7 Å². The minimum atomic E-state index is -0.366. The van der Waals surface area contributed by atoms with Crippen molar-refractivity contribution in [1.29, 1.82) is 0 Å². The molecule has 0 atom stereocenters. The molecule has 1 aromatic heterocycles. The summed E-state index contributed by atoms with van der Waals surface area (Å²) in [7, 11) is 0. The van der Waals surface area contributed by atoms with Crippen LogP contribution in [0.2, 0.25) is 5.15 Å². The molecule has 0 aliphatic carbocycles. The van der Waals surface area contributed by atoms with E-state index in [2.05, 4.69) is 15.5 Å². The molecule has 0 bridgehead atoms. The van der Waals surface area contributed by atoms with Gasteiger partial charge in [0.05, 0.1) is 11.7 Å². The maximum atomic E-state index is 12.1. The topological polar surface area (TPSA) is 63.6 Å². The Balaban J connectivity index is 1.40. The number of nitrogens with zero attached hydrogens (tertiary/aromatic N) is 2. The smallest absolute Gasteiger partial charge is 0.277 e. The molecular weight excluding hydrogens is 386 g/mol. The van der Waals surface area contributed by atoms with E-state index in [0.717, 1.165) is 27.2 Å². The molecule has 0 aliphatic rings. The van der Waals surface area contributed by atoms with E-state index in [1.54, 1.807) is 0 Å². The molecule has 6 heteroatoms. The summed E-state index contributed by atoms with van der Waals surface area (Å²) in [6, 6.07) is 21.4. The number of pyridine rings is 1. The first-order valence-corrected chi connectivity index (χ1v) is 9.47. The highest BCUT2D eigenvalue weighted by molar-refractivity contribution is 6.32. The van der Waals surface area contributed by atoms with Gasteiger partial charge in [0.15, 0.2) is 6.61 Å². The number of rotatable bonds is 5. The van der Waals surface area contributed by atoms with Gasteiger partial charge < -0.3 is 4.74 Å². The average Bonchev–Trinajstić information content (AvgIpc) is 2.72. The van der Waals surface area contributed by atoms with Crippen LogP contribution in [0, 0.1) is 6.92 Å². The van der Waals surface area contributed by atoms with Gasteiger partial charge in [-0.05, 0) is 36.1 Å². The maximum absolute atomic E-state index is 12.1. The molecular formula is C23H18ClN3O2. The number of ether oxygens (including phenoxy) is 1. The highest BCUT2D eigenvalue weighted by atomic mass is 35.5. The van der Waals surface area contributed by atoms with Gasteiger partial charge in [-0.3, -0.25) is 4.79 Å². The summed E-state index contributed by atoms with van der Waals surface area (Å²) in [6.45, 7) is 1.86. The lowest BCUT2D eigenvalue weighted by atomic mass is 10.1. The Morgan fingerprint density at radius 3 is 2.83 bits per heavy atom. The molecule has 0 spiro atoms. The lowest BCUT2D eigenvalue weighted by Crippen LogP contribution is -2.24. The van der Waals surface area contributed by atoms with Gasteiger partial charge in [0, 0.05) is 16.3 Å². The molecule has 4 rings (SSSR count). The van der Waals surface area contributed by atoms with Gasteiger partial charge in [-0.15, -0.1) is 0 Å². The van der Waals surface area contributed by atoms with E-state index in [0.29, 0.717) is 16.5 Å². The van der Waals surface area contributed by atoms with Crippen molar-refractivity contribution in [3.8, 4) is 5.75 Å². The number of aryl methyl sites for hydroxylation is 1. The van der Waals surface area contributed by atoms with Gasteiger partial charge in [-0.2, -0.15) is 5.10 Å². The molecule has 1 heterocycles. The van der Waals surface area contributed by atoms with E-state index in [-0.39, 0.29) is 12.5 Å². The van der Waals surface area contributed by atoms with Crippen LogP contribution in [0.25, 0.3) is 21.7 Å². The van der Waals surface area contributed by atoms with Crippen molar-refractivity contribution in [2.75, 3.05) is 6.61 Å². The second-order valence-corrected chi connectivity index (χ2v) is 6.98. The summed E-state index contributed by atoms with van der Waals surface area (Å²) in [5.74, 6) is 0.286. The number of fused-ring (bicyclic) bond motifs is 2. The first kappa shape index (κ1) is 18.9. The third kappa shape index (κ3) is 4.36. The molecule has 3 aromatic carbocycles. The zero-order valence-corrected chi connectivity index (χ0v) is 16.5. The van der Waals surface area contributed by atoms with Crippen LogP contribution in [0.1, 0.15) is 11.1 Å². The number of carbonyl (C=O) groups excluding carboxylic acids is 1. The van der Waals surface area contributed by atoms with Gasteiger partial charge >= 0.3 is 0 Å². The second kappa shape index (κ2) is 8.29. The van der Waals surface area contributed by atoms with Crippen molar-refractivity contribution in [2.24, 2.45) is 5.10 Å². The highest BCUT2D eigenvalue weighted by Crippen LogP contribution is 2.25. The Morgan fingerprint density at radius 2 is 1.93 bits per heavy atom. The van der Waals surface area contributed by atoms with Crippen molar-refractivity contribution in [2.45, 2.75) is 6.92 Å². The van der Waals surface area contributed by atoms with Crippen molar-refractivity contribution >= 4 is 45.4 Å². The molecule has 29 heavy (non-hydrogen) atoms. The third-order valence-corrected chi connectivity index (χ3v) is 4.76. The minimum Gasteiger partial charge on any atom is -0.483 e. The molecule has 1 N–H and O–H groups in total. The van der Waals surface area contributed by atoms with Gasteiger partial charge in [-0.1, -0.05) is 60.1 Å². The number of amides is 1. The summed E-state index contributed by atoms with van der Waals surface area (Å²) in [4.78, 5) is 16.5. The predicted octanol–water partition coefficient (Wildman–Crippen LogP) is 4.88. The van der Waals surface area contributed by atoms with Crippen LogP contribution in [0.5, 0.6) is 5.75 Å². The molecule has 0 aliphatic heterocycles. The lowest BCUT2D eigenvalue weighted by Gasteiger charge is -2.08. The number of carbonyl (C=O) groups is 1. The molecule has 0 saturated carbocycles. The monoisotopic (exact) mass is 403 g/mol. The van der Waals surface area contributed by atoms with Crippen LogP contribution in [0.15, 0.2) is 71.8 Å². The molecule has 4 aromatic rings. The number of nitrogens with one attached hydrogen (secondary N) is 1. The molecule has 0 saturated heterocycles. The van der Waals surface area contributed by atoms with E-state index in [1.807, 2.05) is 73.7 Å². The van der Waals surface area contributed by atoms with E-state index in [4.69, 9.17) is 16.3 Å². The van der Waals surface area contributed by atoms with Crippen LogP contribution < -0.4 is 10.2 Å². The second-order valence-electron chi connectivity index (χ2n) is 6.62. The first-order chi connectivity index (χ1) is 14.1. The molecule has 1 amide bonds. The van der Waals surface area contributed by atoms with E-state index in [9.17, 15) is 4.79 Å². The van der Waals surface area contributed by atoms with Gasteiger partial charge in [0.25, 0.3) is 5.91 Å². The quantitative estimate of drug-likeness (QED) is 0.293. The van der Waals surface area contributed by atoms with Crippen molar-refractivity contribution in [3.63, 3.8) is 0 Å². The first-order valence-electron chi connectivity index (χ1n) is 9.09. The minimum absolute atomic E-state index is 0.145. The van der Waals surface area contributed by atoms with Crippen LogP contribution >= 0.6 is 11.6 Å². The Bertz CT molecular complexity index is 1230. The number of benzene rings is 3. The highest BCUT2D eigenvalue weighted by Gasteiger charge is 2.06.